The van der Waals surface area contributed by atoms with Crippen molar-refractivity contribution in [3.63, 3.8) is 0 Å². The van der Waals surface area contributed by atoms with Gasteiger partial charge in [0.2, 0.25) is 0 Å². The molecule has 0 aliphatic rings. The van der Waals surface area contributed by atoms with Crippen LogP contribution in [0.25, 0.3) is 16.7 Å². The van der Waals surface area contributed by atoms with Gasteiger partial charge in [0.15, 0.2) is 0 Å². The van der Waals surface area contributed by atoms with E-state index in [9.17, 15) is 4.79 Å². The first-order valence-corrected chi connectivity index (χ1v) is 6.65. The van der Waals surface area contributed by atoms with Crippen LogP contribution in [0.15, 0.2) is 54.6 Å². The molecule has 0 fully saturated rings. The molecule has 0 aliphatic heterocycles. The van der Waals surface area contributed by atoms with Crippen molar-refractivity contribution in [2.45, 2.75) is 6.92 Å². The summed E-state index contributed by atoms with van der Waals surface area (Å²) in [7, 11) is 3.03. The summed E-state index contributed by atoms with van der Waals surface area (Å²) in [6, 6.07) is 15.9. The normalized spacial score (nSPS) is 11.1. The number of benzene rings is 2. The summed E-state index contributed by atoms with van der Waals surface area (Å²) in [6.45, 7) is 1.89. The summed E-state index contributed by atoms with van der Waals surface area (Å²) in [4.78, 5) is 11.2. The molecule has 2 rings (SSSR count). The SMILES string of the molecule is COC(=O)/C=C(\C)c1ccc(-c2cccc(OC)c2)cc1. The van der Waals surface area contributed by atoms with E-state index in [0.29, 0.717) is 0 Å². The van der Waals surface area contributed by atoms with E-state index >= 15 is 0 Å². The number of carbonyl (C=O) groups is 1. The predicted molar refractivity (Wildman–Crippen MR) is 84.1 cm³/mol. The van der Waals surface area contributed by atoms with Gasteiger partial charge in [0.05, 0.1) is 14.2 Å². The van der Waals surface area contributed by atoms with E-state index in [-0.39, 0.29) is 5.97 Å². The topological polar surface area (TPSA) is 35.5 Å². The van der Waals surface area contributed by atoms with Gasteiger partial charge in [-0.1, -0.05) is 36.4 Å². The van der Waals surface area contributed by atoms with Gasteiger partial charge in [0.1, 0.15) is 5.75 Å². The Labute approximate surface area is 124 Å². The zero-order chi connectivity index (χ0) is 15.2. The van der Waals surface area contributed by atoms with Crippen LogP contribution in [0.1, 0.15) is 12.5 Å². The molecule has 0 atom stereocenters. The molecule has 3 heteroatoms. The first-order chi connectivity index (χ1) is 10.1. The highest BCUT2D eigenvalue weighted by atomic mass is 16.5. The Kier molecular flexibility index (Phi) is 4.77. The van der Waals surface area contributed by atoms with Gasteiger partial charge in [-0.05, 0) is 41.3 Å². The third kappa shape index (κ3) is 3.72. The summed E-state index contributed by atoms with van der Waals surface area (Å²) in [5, 5.41) is 0. The Balaban J connectivity index is 2.26. The van der Waals surface area contributed by atoms with Gasteiger partial charge in [0.25, 0.3) is 0 Å². The van der Waals surface area contributed by atoms with Crippen molar-refractivity contribution in [1.82, 2.24) is 0 Å². The minimum atomic E-state index is -0.343. The van der Waals surface area contributed by atoms with Crippen LogP contribution in [-0.4, -0.2) is 20.2 Å². The Morgan fingerprint density at radius 3 is 2.33 bits per heavy atom. The molecule has 0 saturated heterocycles. The van der Waals surface area contributed by atoms with Crippen molar-refractivity contribution >= 4 is 11.5 Å². The number of esters is 1. The van der Waals surface area contributed by atoms with Gasteiger partial charge in [-0.2, -0.15) is 0 Å². The Hall–Kier alpha value is -2.55. The lowest BCUT2D eigenvalue weighted by Gasteiger charge is -2.07. The number of allylic oxidation sites excluding steroid dienone is 1. The highest BCUT2D eigenvalue weighted by molar-refractivity contribution is 5.91. The molecule has 0 spiro atoms. The summed E-state index contributed by atoms with van der Waals surface area (Å²) < 4.78 is 9.87. The van der Waals surface area contributed by atoms with Gasteiger partial charge < -0.3 is 9.47 Å². The molecule has 0 saturated carbocycles. The number of methoxy groups -OCH3 is 2. The summed E-state index contributed by atoms with van der Waals surface area (Å²) in [5.41, 5.74) is 4.06. The van der Waals surface area contributed by atoms with Crippen molar-refractivity contribution < 1.29 is 14.3 Å². The largest absolute Gasteiger partial charge is 0.497 e. The van der Waals surface area contributed by atoms with E-state index < -0.39 is 0 Å². The maximum Gasteiger partial charge on any atom is 0.330 e. The fourth-order valence-corrected chi connectivity index (χ4v) is 2.05. The summed E-state index contributed by atoms with van der Waals surface area (Å²) >= 11 is 0. The van der Waals surface area contributed by atoms with Crippen LogP contribution in [0.5, 0.6) is 5.75 Å². The zero-order valence-electron chi connectivity index (χ0n) is 12.4. The minimum absolute atomic E-state index is 0.343. The second-order valence-electron chi connectivity index (χ2n) is 4.66. The molecular formula is C18H18O3. The lowest BCUT2D eigenvalue weighted by atomic mass is 10.0. The first kappa shape index (κ1) is 14.9. The van der Waals surface area contributed by atoms with Crippen molar-refractivity contribution in [2.75, 3.05) is 14.2 Å². The van der Waals surface area contributed by atoms with E-state index in [2.05, 4.69) is 4.74 Å². The van der Waals surface area contributed by atoms with Gasteiger partial charge in [-0.25, -0.2) is 4.79 Å². The van der Waals surface area contributed by atoms with Crippen LogP contribution in [0.3, 0.4) is 0 Å². The van der Waals surface area contributed by atoms with Gasteiger partial charge >= 0.3 is 5.97 Å². The molecule has 2 aromatic carbocycles. The molecule has 0 radical (unpaired) electrons. The standard InChI is InChI=1S/C18H18O3/c1-13(11-18(19)21-3)14-7-9-15(10-8-14)16-5-4-6-17(12-16)20-2/h4-12H,1-3H3/b13-11+. The number of ether oxygens (including phenoxy) is 2. The smallest absolute Gasteiger partial charge is 0.330 e. The summed E-state index contributed by atoms with van der Waals surface area (Å²) in [6.07, 6.45) is 1.49. The molecule has 21 heavy (non-hydrogen) atoms. The molecule has 0 aromatic heterocycles. The maximum absolute atomic E-state index is 11.2. The third-order valence-corrected chi connectivity index (χ3v) is 3.28. The minimum Gasteiger partial charge on any atom is -0.497 e. The number of hydrogen-bond acceptors (Lipinski definition) is 3. The average Bonchev–Trinajstić information content (AvgIpc) is 2.54. The fraction of sp³-hybridized carbons (Fsp3) is 0.167. The monoisotopic (exact) mass is 282 g/mol. The lowest BCUT2D eigenvalue weighted by Crippen LogP contribution is -1.95. The molecule has 2 aromatic rings. The highest BCUT2D eigenvalue weighted by Crippen LogP contribution is 2.25. The van der Waals surface area contributed by atoms with E-state index in [1.165, 1.54) is 13.2 Å². The molecular weight excluding hydrogens is 264 g/mol. The van der Waals surface area contributed by atoms with Crippen LogP contribution in [-0.2, 0) is 9.53 Å². The number of carbonyl (C=O) groups excluding carboxylic acids is 1. The van der Waals surface area contributed by atoms with Gasteiger partial charge in [0, 0.05) is 6.08 Å². The zero-order valence-corrected chi connectivity index (χ0v) is 12.4. The summed E-state index contributed by atoms with van der Waals surface area (Å²) in [5.74, 6) is 0.489. The van der Waals surface area contributed by atoms with Gasteiger partial charge in [-0.15, -0.1) is 0 Å². The van der Waals surface area contributed by atoms with Gasteiger partial charge in [-0.3, -0.25) is 0 Å². The Bertz CT molecular complexity index is 654. The third-order valence-electron chi connectivity index (χ3n) is 3.28. The molecule has 108 valence electrons. The lowest BCUT2D eigenvalue weighted by molar-refractivity contribution is -0.134. The van der Waals surface area contributed by atoms with E-state index in [1.807, 2.05) is 55.5 Å². The average molecular weight is 282 g/mol. The van der Waals surface area contributed by atoms with E-state index in [1.54, 1.807) is 7.11 Å². The number of rotatable bonds is 4. The van der Waals surface area contributed by atoms with Crippen molar-refractivity contribution in [3.8, 4) is 16.9 Å². The van der Waals surface area contributed by atoms with Crippen LogP contribution in [0, 0.1) is 0 Å². The molecule has 0 amide bonds. The second-order valence-corrected chi connectivity index (χ2v) is 4.66. The van der Waals surface area contributed by atoms with E-state index in [4.69, 9.17) is 4.74 Å². The molecule has 0 heterocycles. The molecule has 0 aliphatic carbocycles. The number of hydrogen-bond donors (Lipinski definition) is 0. The molecule has 0 bridgehead atoms. The van der Waals surface area contributed by atoms with E-state index in [0.717, 1.165) is 28.0 Å². The molecule has 0 unspecified atom stereocenters. The van der Waals surface area contributed by atoms with Crippen molar-refractivity contribution in [1.29, 1.82) is 0 Å². The van der Waals surface area contributed by atoms with Crippen LogP contribution >= 0.6 is 0 Å². The van der Waals surface area contributed by atoms with Crippen LogP contribution in [0.4, 0.5) is 0 Å². The predicted octanol–water partition coefficient (Wildman–Crippen LogP) is 3.94. The quantitative estimate of drug-likeness (QED) is 0.629. The van der Waals surface area contributed by atoms with Crippen molar-refractivity contribution in [3.05, 3.63) is 60.2 Å². The second kappa shape index (κ2) is 6.75. The highest BCUT2D eigenvalue weighted by Gasteiger charge is 2.03. The van der Waals surface area contributed by atoms with Crippen molar-refractivity contribution in [2.24, 2.45) is 0 Å². The molecule has 3 nitrogen and oxygen atoms in total. The Morgan fingerprint density at radius 2 is 1.71 bits per heavy atom. The fourth-order valence-electron chi connectivity index (χ4n) is 2.05. The maximum atomic E-state index is 11.2. The van der Waals surface area contributed by atoms with Crippen LogP contribution < -0.4 is 4.74 Å². The van der Waals surface area contributed by atoms with Crippen LogP contribution in [0.2, 0.25) is 0 Å². The Morgan fingerprint density at radius 1 is 1.00 bits per heavy atom. The molecule has 0 N–H and O–H groups in total. The first-order valence-electron chi connectivity index (χ1n) is 6.65.